The SMILES string of the molecule is CN(C)c1nnccc1CN.CN(C)c1nnccc1CN1C(=O)c2ccccc2C1=O. The van der Waals surface area contributed by atoms with E-state index in [9.17, 15) is 9.59 Å². The summed E-state index contributed by atoms with van der Waals surface area (Å²) in [5.41, 5.74) is 8.20. The summed E-state index contributed by atoms with van der Waals surface area (Å²) >= 11 is 0. The minimum atomic E-state index is -0.267. The lowest BCUT2D eigenvalue weighted by Crippen LogP contribution is -2.30. The largest absolute Gasteiger partial charge is 0.361 e. The molecule has 0 saturated heterocycles. The predicted octanol–water partition coefficient (Wildman–Crippen LogP) is 1.34. The van der Waals surface area contributed by atoms with Crippen LogP contribution in [0.3, 0.4) is 0 Å². The normalized spacial score (nSPS) is 12.2. The molecule has 1 aromatic carbocycles. The number of benzene rings is 1. The van der Waals surface area contributed by atoms with Gasteiger partial charge < -0.3 is 15.5 Å². The van der Waals surface area contributed by atoms with Gasteiger partial charge in [-0.2, -0.15) is 10.2 Å². The Balaban J connectivity index is 0.000000222. The van der Waals surface area contributed by atoms with E-state index < -0.39 is 0 Å². The maximum absolute atomic E-state index is 12.3. The second-order valence-corrected chi connectivity index (χ2v) is 7.50. The van der Waals surface area contributed by atoms with Crippen molar-refractivity contribution < 1.29 is 9.59 Å². The van der Waals surface area contributed by atoms with Crippen molar-refractivity contribution in [3.05, 3.63) is 71.0 Å². The first-order valence-corrected chi connectivity index (χ1v) is 9.96. The zero-order valence-corrected chi connectivity index (χ0v) is 18.6. The van der Waals surface area contributed by atoms with Crippen LogP contribution in [-0.4, -0.2) is 65.3 Å². The fraction of sp³-hybridized carbons (Fsp3) is 0.273. The lowest BCUT2D eigenvalue weighted by atomic mass is 10.1. The standard InChI is InChI=1S/C15H14N4O2.C7H12N4/c1-18(2)13-10(7-8-16-17-13)9-19-14(20)11-5-3-4-6-12(11)15(19)21;1-11(2)7-6(5-8)3-4-9-10-7/h3-8H,9H2,1-2H3;3-4H,5,8H2,1-2H3. The number of hydrogen-bond acceptors (Lipinski definition) is 9. The number of anilines is 2. The van der Waals surface area contributed by atoms with Gasteiger partial charge in [-0.3, -0.25) is 14.5 Å². The second-order valence-electron chi connectivity index (χ2n) is 7.50. The van der Waals surface area contributed by atoms with Crippen LogP contribution < -0.4 is 15.5 Å². The Bertz CT molecular complexity index is 1080. The number of amides is 2. The van der Waals surface area contributed by atoms with Gasteiger partial charge in [0.2, 0.25) is 0 Å². The number of nitrogens with zero attached hydrogens (tertiary/aromatic N) is 7. The van der Waals surface area contributed by atoms with Gasteiger partial charge in [-0.1, -0.05) is 12.1 Å². The second kappa shape index (κ2) is 9.92. The van der Waals surface area contributed by atoms with Crippen LogP contribution >= 0.6 is 0 Å². The summed E-state index contributed by atoms with van der Waals surface area (Å²) < 4.78 is 0. The highest BCUT2D eigenvalue weighted by atomic mass is 16.2. The molecule has 4 rings (SSSR count). The Kier molecular flexibility index (Phi) is 7.06. The van der Waals surface area contributed by atoms with E-state index in [4.69, 9.17) is 5.73 Å². The van der Waals surface area contributed by atoms with Gasteiger partial charge in [-0.15, -0.1) is 10.2 Å². The topological polar surface area (TPSA) is 121 Å². The fourth-order valence-electron chi connectivity index (χ4n) is 3.29. The Hall–Kier alpha value is -3.92. The molecule has 32 heavy (non-hydrogen) atoms. The molecule has 2 aromatic heterocycles. The molecule has 1 aliphatic heterocycles. The molecule has 0 aliphatic carbocycles. The van der Waals surface area contributed by atoms with Crippen molar-refractivity contribution in [1.82, 2.24) is 25.3 Å². The van der Waals surface area contributed by atoms with Crippen LogP contribution in [0.2, 0.25) is 0 Å². The first kappa shape index (κ1) is 22.8. The Morgan fingerprint density at radius 2 is 1.25 bits per heavy atom. The van der Waals surface area contributed by atoms with Gasteiger partial charge >= 0.3 is 0 Å². The van der Waals surface area contributed by atoms with E-state index in [0.717, 1.165) is 16.9 Å². The Morgan fingerprint density at radius 3 is 1.69 bits per heavy atom. The van der Waals surface area contributed by atoms with Crippen molar-refractivity contribution in [2.45, 2.75) is 13.1 Å². The van der Waals surface area contributed by atoms with E-state index in [1.54, 1.807) is 47.6 Å². The molecule has 3 aromatic rings. The minimum Gasteiger partial charge on any atom is -0.361 e. The summed E-state index contributed by atoms with van der Waals surface area (Å²) in [7, 11) is 7.53. The molecule has 10 nitrogen and oxygen atoms in total. The van der Waals surface area contributed by atoms with Crippen molar-refractivity contribution in [3.63, 3.8) is 0 Å². The van der Waals surface area contributed by atoms with Crippen molar-refractivity contribution in [3.8, 4) is 0 Å². The maximum Gasteiger partial charge on any atom is 0.261 e. The molecule has 0 unspecified atom stereocenters. The average molecular weight is 435 g/mol. The molecule has 0 saturated carbocycles. The average Bonchev–Trinajstić information content (AvgIpc) is 3.04. The van der Waals surface area contributed by atoms with Gasteiger partial charge in [-0.05, 0) is 24.3 Å². The quantitative estimate of drug-likeness (QED) is 0.593. The van der Waals surface area contributed by atoms with Crippen LogP contribution in [0.25, 0.3) is 0 Å². The lowest BCUT2D eigenvalue weighted by molar-refractivity contribution is 0.0642. The van der Waals surface area contributed by atoms with Gasteiger partial charge in [0, 0.05) is 45.9 Å². The third kappa shape index (κ3) is 4.70. The van der Waals surface area contributed by atoms with Crippen molar-refractivity contribution in [2.75, 3.05) is 38.0 Å². The smallest absolute Gasteiger partial charge is 0.261 e. The maximum atomic E-state index is 12.3. The minimum absolute atomic E-state index is 0.190. The van der Waals surface area contributed by atoms with Gasteiger partial charge in [0.05, 0.1) is 30.1 Å². The number of carbonyl (C=O) groups excluding carboxylic acids is 2. The van der Waals surface area contributed by atoms with Gasteiger partial charge in [-0.25, -0.2) is 0 Å². The number of hydrogen-bond donors (Lipinski definition) is 1. The van der Waals surface area contributed by atoms with Crippen LogP contribution in [0.15, 0.2) is 48.8 Å². The highest BCUT2D eigenvalue weighted by molar-refractivity contribution is 6.21. The number of imide groups is 1. The van der Waals surface area contributed by atoms with E-state index in [1.165, 1.54) is 4.90 Å². The van der Waals surface area contributed by atoms with E-state index in [2.05, 4.69) is 20.4 Å². The molecule has 2 amide bonds. The molecule has 0 spiro atoms. The van der Waals surface area contributed by atoms with Crippen LogP contribution in [0, 0.1) is 0 Å². The predicted molar refractivity (Wildman–Crippen MR) is 121 cm³/mol. The van der Waals surface area contributed by atoms with Crippen LogP contribution in [-0.2, 0) is 13.1 Å². The fourth-order valence-corrected chi connectivity index (χ4v) is 3.29. The number of aromatic nitrogens is 4. The third-order valence-electron chi connectivity index (χ3n) is 4.84. The molecule has 3 heterocycles. The summed E-state index contributed by atoms with van der Waals surface area (Å²) in [5.74, 6) is 0.957. The molecule has 2 N–H and O–H groups in total. The van der Waals surface area contributed by atoms with Gasteiger partial charge in [0.15, 0.2) is 11.6 Å². The Labute approximate surface area is 186 Å². The highest BCUT2D eigenvalue weighted by Crippen LogP contribution is 2.26. The van der Waals surface area contributed by atoms with Gasteiger partial charge in [0.1, 0.15) is 0 Å². The van der Waals surface area contributed by atoms with E-state index >= 15 is 0 Å². The van der Waals surface area contributed by atoms with Crippen LogP contribution in [0.1, 0.15) is 31.8 Å². The molecule has 0 atom stereocenters. The van der Waals surface area contributed by atoms with Crippen LogP contribution in [0.5, 0.6) is 0 Å². The molecular weight excluding hydrogens is 408 g/mol. The van der Waals surface area contributed by atoms with Gasteiger partial charge in [0.25, 0.3) is 11.8 Å². The number of nitrogens with two attached hydrogens (primary N) is 1. The van der Waals surface area contributed by atoms with Crippen LogP contribution in [0.4, 0.5) is 11.6 Å². The first-order chi connectivity index (χ1) is 15.3. The Morgan fingerprint density at radius 1 is 0.781 bits per heavy atom. The zero-order valence-electron chi connectivity index (χ0n) is 18.6. The van der Waals surface area contributed by atoms with E-state index in [1.807, 2.05) is 39.2 Å². The molecule has 0 fully saturated rings. The molecule has 0 radical (unpaired) electrons. The number of rotatable bonds is 5. The number of fused-ring (bicyclic) bond motifs is 1. The third-order valence-corrected chi connectivity index (χ3v) is 4.84. The lowest BCUT2D eigenvalue weighted by Gasteiger charge is -2.18. The van der Waals surface area contributed by atoms with E-state index in [-0.39, 0.29) is 18.4 Å². The van der Waals surface area contributed by atoms with E-state index in [0.29, 0.717) is 23.5 Å². The molecule has 10 heteroatoms. The zero-order chi connectivity index (χ0) is 23.3. The molecule has 166 valence electrons. The summed E-state index contributed by atoms with van der Waals surface area (Å²) in [4.78, 5) is 29.6. The molecule has 0 bridgehead atoms. The monoisotopic (exact) mass is 434 g/mol. The highest BCUT2D eigenvalue weighted by Gasteiger charge is 2.35. The number of carbonyl (C=O) groups is 2. The summed E-state index contributed by atoms with van der Waals surface area (Å²) in [6.07, 6.45) is 3.20. The molecular formula is C22H26N8O2. The first-order valence-electron chi connectivity index (χ1n) is 9.96. The van der Waals surface area contributed by atoms with Crippen molar-refractivity contribution in [2.24, 2.45) is 5.73 Å². The van der Waals surface area contributed by atoms with Crippen molar-refractivity contribution in [1.29, 1.82) is 0 Å². The summed E-state index contributed by atoms with van der Waals surface area (Å²) in [5, 5.41) is 15.6. The summed E-state index contributed by atoms with van der Waals surface area (Å²) in [6, 6.07) is 10.5. The summed E-state index contributed by atoms with van der Waals surface area (Å²) in [6.45, 7) is 0.693. The molecule has 1 aliphatic rings. The van der Waals surface area contributed by atoms with Crippen molar-refractivity contribution >= 4 is 23.5 Å².